The van der Waals surface area contributed by atoms with E-state index in [9.17, 15) is 14.7 Å². The monoisotopic (exact) mass is 592 g/mol. The number of hydrogen-bond acceptors (Lipinski definition) is 9. The zero-order valence-electron chi connectivity index (χ0n) is 22.7. The summed E-state index contributed by atoms with van der Waals surface area (Å²) in [5, 5.41) is 20.4. The normalized spacial score (nSPS) is 11.3. The van der Waals surface area contributed by atoms with Crippen molar-refractivity contribution in [3.05, 3.63) is 62.3 Å². The predicted octanol–water partition coefficient (Wildman–Crippen LogP) is 7.36. The molecule has 7 nitrogen and oxygen atoms in total. The van der Waals surface area contributed by atoms with Gasteiger partial charge in [-0.3, -0.25) is 0 Å². The second-order valence-electron chi connectivity index (χ2n) is 9.56. The van der Waals surface area contributed by atoms with Gasteiger partial charge in [-0.1, -0.05) is 23.7 Å². The molecule has 0 saturated heterocycles. The zero-order chi connectivity index (χ0) is 28.9. The van der Waals surface area contributed by atoms with E-state index in [1.165, 1.54) is 22.7 Å². The van der Waals surface area contributed by atoms with Crippen LogP contribution in [0.2, 0.25) is 5.02 Å². The van der Waals surface area contributed by atoms with Crippen LogP contribution < -0.4 is 4.74 Å². The third kappa shape index (κ3) is 7.70. The number of aliphatic hydroxyl groups excluding tert-OH is 2. The van der Waals surface area contributed by atoms with Crippen LogP contribution in [0.3, 0.4) is 0 Å². The summed E-state index contributed by atoms with van der Waals surface area (Å²) in [6, 6.07) is 11.0. The second-order valence-corrected chi connectivity index (χ2v) is 12.0. The van der Waals surface area contributed by atoms with Gasteiger partial charge in [0.1, 0.15) is 4.88 Å². The van der Waals surface area contributed by atoms with E-state index in [1.54, 1.807) is 19.9 Å². The highest BCUT2D eigenvalue weighted by molar-refractivity contribution is 7.21. The van der Waals surface area contributed by atoms with Crippen molar-refractivity contribution in [2.75, 3.05) is 0 Å². The summed E-state index contributed by atoms with van der Waals surface area (Å²) in [6.45, 7) is 11.0. The standard InChI is InChI=1S/C16H20O4S.C13H13ClO3S/c1-9(2)19-14-12-7-11(8-17)5-6-13(12)21-15(14)16(18)20-10(3)4;1-7(2)17-13(16)12-11(14)9-5-8(6-15)3-4-10(9)18-12/h5-7,9-10,17H,8H2,1-4H3;3-5,7,15H,6H2,1-2H3. The average Bonchev–Trinajstić information content (AvgIpc) is 3.40. The number of benzene rings is 2. The lowest BCUT2D eigenvalue weighted by molar-refractivity contribution is 0.0370. The molecule has 0 atom stereocenters. The van der Waals surface area contributed by atoms with Gasteiger partial charge >= 0.3 is 11.9 Å². The first kappa shape index (κ1) is 30.8. The molecule has 0 bridgehead atoms. The Kier molecular flexibility index (Phi) is 10.7. The Bertz CT molecular complexity index is 1450. The number of thiophene rings is 2. The van der Waals surface area contributed by atoms with Gasteiger partial charge in [-0.25, -0.2) is 9.59 Å². The van der Waals surface area contributed by atoms with Gasteiger partial charge in [0.2, 0.25) is 0 Å². The molecule has 0 spiro atoms. The van der Waals surface area contributed by atoms with E-state index >= 15 is 0 Å². The zero-order valence-corrected chi connectivity index (χ0v) is 25.1. The Balaban J connectivity index is 0.000000218. The summed E-state index contributed by atoms with van der Waals surface area (Å²) in [7, 11) is 0. The molecule has 210 valence electrons. The van der Waals surface area contributed by atoms with Crippen LogP contribution in [-0.4, -0.2) is 40.5 Å². The molecule has 0 aliphatic heterocycles. The Labute approximate surface area is 240 Å². The highest BCUT2D eigenvalue weighted by Crippen LogP contribution is 2.40. The molecule has 10 heteroatoms. The molecule has 0 aliphatic rings. The topological polar surface area (TPSA) is 102 Å². The first-order chi connectivity index (χ1) is 18.4. The van der Waals surface area contributed by atoms with Crippen molar-refractivity contribution in [1.29, 1.82) is 0 Å². The number of carbonyl (C=O) groups is 2. The summed E-state index contributed by atoms with van der Waals surface area (Å²) >= 11 is 8.85. The molecular weight excluding hydrogens is 560 g/mol. The van der Waals surface area contributed by atoms with Crippen LogP contribution in [0.5, 0.6) is 5.75 Å². The number of halogens is 1. The highest BCUT2D eigenvalue weighted by Gasteiger charge is 2.23. The fourth-order valence-corrected chi connectivity index (χ4v) is 5.95. The molecule has 2 aromatic carbocycles. The largest absolute Gasteiger partial charge is 0.489 e. The van der Waals surface area contributed by atoms with Gasteiger partial charge in [0.25, 0.3) is 0 Å². The molecule has 0 radical (unpaired) electrons. The maximum absolute atomic E-state index is 12.2. The molecule has 0 aliphatic carbocycles. The van der Waals surface area contributed by atoms with E-state index in [2.05, 4.69) is 0 Å². The molecular formula is C29H33ClO7S2. The minimum absolute atomic E-state index is 0.0430. The summed E-state index contributed by atoms with van der Waals surface area (Å²) in [4.78, 5) is 25.0. The molecule has 0 unspecified atom stereocenters. The van der Waals surface area contributed by atoms with Gasteiger partial charge in [-0.2, -0.15) is 0 Å². The van der Waals surface area contributed by atoms with E-state index in [4.69, 9.17) is 30.9 Å². The minimum atomic E-state index is -0.401. The maximum atomic E-state index is 12.2. The predicted molar refractivity (Wildman–Crippen MR) is 157 cm³/mol. The Morgan fingerprint density at radius 1 is 0.744 bits per heavy atom. The Morgan fingerprint density at radius 2 is 1.21 bits per heavy atom. The fraction of sp³-hybridized carbons (Fsp3) is 0.379. The van der Waals surface area contributed by atoms with Gasteiger partial charge < -0.3 is 24.4 Å². The van der Waals surface area contributed by atoms with E-state index < -0.39 is 5.97 Å². The number of ether oxygens (including phenoxy) is 3. The lowest BCUT2D eigenvalue weighted by Gasteiger charge is -2.12. The van der Waals surface area contributed by atoms with Gasteiger partial charge in [0.15, 0.2) is 10.6 Å². The third-order valence-corrected chi connectivity index (χ3v) is 7.96. The summed E-state index contributed by atoms with van der Waals surface area (Å²) < 4.78 is 18.1. The number of carbonyl (C=O) groups excluding carboxylic acids is 2. The summed E-state index contributed by atoms with van der Waals surface area (Å²) in [6.07, 6.45) is -0.402. The molecule has 0 fully saturated rings. The van der Waals surface area contributed by atoms with Crippen LogP contribution in [0.25, 0.3) is 20.2 Å². The second kappa shape index (κ2) is 13.6. The molecule has 4 rings (SSSR count). The Morgan fingerprint density at radius 3 is 1.69 bits per heavy atom. The molecule has 2 heterocycles. The van der Waals surface area contributed by atoms with Gasteiger partial charge in [-0.15, -0.1) is 22.7 Å². The van der Waals surface area contributed by atoms with Crippen LogP contribution in [0.1, 0.15) is 72.0 Å². The van der Waals surface area contributed by atoms with Crippen LogP contribution in [0.15, 0.2) is 36.4 Å². The van der Waals surface area contributed by atoms with E-state index in [-0.39, 0.29) is 37.5 Å². The SMILES string of the molecule is CC(C)OC(=O)c1sc2ccc(CO)cc2c1Cl.CC(C)OC(=O)c1sc2ccc(CO)cc2c1OC(C)C. The minimum Gasteiger partial charge on any atom is -0.489 e. The maximum Gasteiger partial charge on any atom is 0.352 e. The summed E-state index contributed by atoms with van der Waals surface area (Å²) in [5.74, 6) is -0.222. The van der Waals surface area contributed by atoms with Crippen molar-refractivity contribution in [2.24, 2.45) is 0 Å². The van der Waals surface area contributed by atoms with Crippen molar-refractivity contribution in [3.63, 3.8) is 0 Å². The number of hydrogen-bond donors (Lipinski definition) is 2. The van der Waals surface area contributed by atoms with Crippen molar-refractivity contribution in [2.45, 2.75) is 73.1 Å². The average molecular weight is 593 g/mol. The number of aliphatic hydroxyl groups is 2. The van der Waals surface area contributed by atoms with Crippen LogP contribution in [-0.2, 0) is 22.7 Å². The van der Waals surface area contributed by atoms with Crippen LogP contribution in [0.4, 0.5) is 0 Å². The van der Waals surface area contributed by atoms with Gasteiger partial charge in [-0.05, 0) is 76.9 Å². The number of fused-ring (bicyclic) bond motifs is 2. The molecule has 2 aromatic heterocycles. The fourth-order valence-electron chi connectivity index (χ4n) is 3.59. The van der Waals surface area contributed by atoms with E-state index in [0.717, 1.165) is 31.3 Å². The Hall–Kier alpha value is -2.69. The van der Waals surface area contributed by atoms with E-state index in [0.29, 0.717) is 20.5 Å². The number of esters is 2. The summed E-state index contributed by atoms with van der Waals surface area (Å²) in [5.41, 5.74) is 1.56. The number of rotatable bonds is 8. The first-order valence-corrected chi connectivity index (χ1v) is 14.5. The molecule has 39 heavy (non-hydrogen) atoms. The molecule has 2 N–H and O–H groups in total. The first-order valence-electron chi connectivity index (χ1n) is 12.5. The van der Waals surface area contributed by atoms with Crippen molar-refractivity contribution < 1.29 is 34.0 Å². The van der Waals surface area contributed by atoms with Gasteiger partial charge in [0, 0.05) is 20.2 Å². The smallest absolute Gasteiger partial charge is 0.352 e. The van der Waals surface area contributed by atoms with E-state index in [1.807, 2.05) is 58.0 Å². The van der Waals surface area contributed by atoms with Crippen molar-refractivity contribution >= 4 is 66.4 Å². The van der Waals surface area contributed by atoms with Gasteiger partial charge in [0.05, 0.1) is 36.5 Å². The molecule has 4 aromatic rings. The van der Waals surface area contributed by atoms with Crippen molar-refractivity contribution in [3.8, 4) is 5.75 Å². The van der Waals surface area contributed by atoms with Crippen molar-refractivity contribution in [1.82, 2.24) is 0 Å². The van der Waals surface area contributed by atoms with Crippen LogP contribution >= 0.6 is 34.3 Å². The quantitative estimate of drug-likeness (QED) is 0.206. The third-order valence-electron chi connectivity index (χ3n) is 5.17. The van der Waals surface area contributed by atoms with Crippen LogP contribution in [0, 0.1) is 0 Å². The lowest BCUT2D eigenvalue weighted by Crippen LogP contribution is -2.13. The molecule has 0 amide bonds. The molecule has 0 saturated carbocycles. The lowest BCUT2D eigenvalue weighted by atomic mass is 10.1. The highest BCUT2D eigenvalue weighted by atomic mass is 35.5.